The van der Waals surface area contributed by atoms with E-state index in [9.17, 15) is 20.4 Å². The molecule has 0 saturated carbocycles. The van der Waals surface area contributed by atoms with Crippen LogP contribution in [0.25, 0.3) is 6.08 Å². The highest BCUT2D eigenvalue weighted by atomic mass is 16.7. The van der Waals surface area contributed by atoms with E-state index in [1.54, 1.807) is 24.3 Å². The van der Waals surface area contributed by atoms with Gasteiger partial charge in [-0.15, -0.1) is 0 Å². The van der Waals surface area contributed by atoms with Crippen LogP contribution in [0, 0.1) is 28.1 Å². The zero-order valence-corrected chi connectivity index (χ0v) is 13.4. The van der Waals surface area contributed by atoms with Gasteiger partial charge in [0, 0.05) is 12.8 Å². The molecule has 0 unspecified atom stereocenters. The van der Waals surface area contributed by atoms with E-state index >= 15 is 0 Å². The number of esters is 1. The minimum atomic E-state index is -1.43. The summed E-state index contributed by atoms with van der Waals surface area (Å²) in [4.78, 5) is 11.9. The van der Waals surface area contributed by atoms with Crippen LogP contribution >= 0.6 is 0 Å². The number of ether oxygens (including phenoxy) is 3. The van der Waals surface area contributed by atoms with Gasteiger partial charge in [-0.2, -0.15) is 10.5 Å². The van der Waals surface area contributed by atoms with Gasteiger partial charge in [0.05, 0.1) is 24.8 Å². The van der Waals surface area contributed by atoms with Gasteiger partial charge in [-0.25, -0.2) is 4.79 Å². The van der Waals surface area contributed by atoms with Gasteiger partial charge in [0.1, 0.15) is 5.76 Å². The Labute approximate surface area is 144 Å². The Morgan fingerprint density at radius 1 is 1.28 bits per heavy atom. The molecule has 1 aliphatic carbocycles. The number of aliphatic hydroxyl groups is 1. The number of carbonyl (C=O) groups excluding carboxylic acids is 1. The first-order valence-corrected chi connectivity index (χ1v) is 7.45. The number of rotatable bonds is 2. The monoisotopic (exact) mass is 338 g/mol. The van der Waals surface area contributed by atoms with Crippen LogP contribution < -0.4 is 9.47 Å². The van der Waals surface area contributed by atoms with E-state index in [-0.39, 0.29) is 31.0 Å². The molecule has 0 amide bonds. The third-order valence-corrected chi connectivity index (χ3v) is 4.16. The summed E-state index contributed by atoms with van der Waals surface area (Å²) < 4.78 is 15.2. The number of hydrogen-bond donors (Lipinski definition) is 1. The molecule has 7 nitrogen and oxygen atoms in total. The average Bonchev–Trinajstić information content (AvgIpc) is 3.10. The van der Waals surface area contributed by atoms with Gasteiger partial charge in [-0.05, 0) is 29.3 Å². The number of methoxy groups -OCH3 is 1. The van der Waals surface area contributed by atoms with Crippen molar-refractivity contribution in [3.8, 4) is 23.6 Å². The number of aliphatic hydroxyl groups excluding tert-OH is 1. The van der Waals surface area contributed by atoms with Crippen LogP contribution in [0.15, 0.2) is 35.1 Å². The third kappa shape index (κ3) is 2.88. The molecule has 0 aromatic heterocycles. The molecule has 0 atom stereocenters. The highest BCUT2D eigenvalue weighted by molar-refractivity contribution is 5.91. The molecular formula is C18H14N2O5. The lowest BCUT2D eigenvalue weighted by Crippen LogP contribution is -2.27. The number of nitrogens with zero attached hydrogens (tertiary/aromatic N) is 2. The molecule has 0 spiro atoms. The molecule has 126 valence electrons. The highest BCUT2D eigenvalue weighted by Gasteiger charge is 2.41. The number of benzene rings is 1. The van der Waals surface area contributed by atoms with E-state index in [0.29, 0.717) is 22.6 Å². The molecule has 1 aromatic carbocycles. The Hall–Kier alpha value is -3.45. The first-order chi connectivity index (χ1) is 12.0. The summed E-state index contributed by atoms with van der Waals surface area (Å²) in [5.41, 5.74) is -0.517. The number of allylic oxidation sites excluding steroid dienone is 1. The van der Waals surface area contributed by atoms with Crippen molar-refractivity contribution in [2.45, 2.75) is 12.8 Å². The van der Waals surface area contributed by atoms with Gasteiger partial charge in [-0.3, -0.25) is 0 Å². The van der Waals surface area contributed by atoms with Crippen LogP contribution in [0.1, 0.15) is 18.4 Å². The minimum absolute atomic E-state index is 0.000763. The highest BCUT2D eigenvalue weighted by Crippen LogP contribution is 2.42. The predicted molar refractivity (Wildman–Crippen MR) is 85.1 cm³/mol. The van der Waals surface area contributed by atoms with Gasteiger partial charge >= 0.3 is 5.97 Å². The number of fused-ring (bicyclic) bond motifs is 1. The van der Waals surface area contributed by atoms with Gasteiger partial charge < -0.3 is 19.3 Å². The quantitative estimate of drug-likeness (QED) is 0.825. The summed E-state index contributed by atoms with van der Waals surface area (Å²) in [7, 11) is 1.18. The van der Waals surface area contributed by atoms with E-state index in [0.717, 1.165) is 0 Å². The fraction of sp³-hybridized carbons (Fsp3) is 0.278. The second kappa shape index (κ2) is 6.21. The van der Waals surface area contributed by atoms with E-state index in [4.69, 9.17) is 9.47 Å². The van der Waals surface area contributed by atoms with Crippen LogP contribution in [-0.2, 0) is 9.53 Å². The Bertz CT molecular complexity index is 872. The Morgan fingerprint density at radius 2 is 2.00 bits per heavy atom. The minimum Gasteiger partial charge on any atom is -0.507 e. The molecule has 0 bridgehead atoms. The molecule has 2 aliphatic rings. The van der Waals surface area contributed by atoms with Crippen molar-refractivity contribution in [3.05, 3.63) is 40.7 Å². The molecule has 3 rings (SSSR count). The summed E-state index contributed by atoms with van der Waals surface area (Å²) in [5.74, 6) is 0.159. The molecule has 7 heteroatoms. The van der Waals surface area contributed by atoms with Crippen molar-refractivity contribution in [1.82, 2.24) is 0 Å². The Kier molecular flexibility index (Phi) is 4.08. The summed E-state index contributed by atoms with van der Waals surface area (Å²) in [6.07, 6.45) is 1.43. The van der Waals surface area contributed by atoms with Gasteiger partial charge in [0.25, 0.3) is 0 Å². The third-order valence-electron chi connectivity index (χ3n) is 4.16. The zero-order valence-electron chi connectivity index (χ0n) is 13.4. The number of hydrogen-bond acceptors (Lipinski definition) is 7. The van der Waals surface area contributed by atoms with Crippen molar-refractivity contribution >= 4 is 12.0 Å². The second-order valence-corrected chi connectivity index (χ2v) is 5.76. The van der Waals surface area contributed by atoms with Crippen LogP contribution in [0.2, 0.25) is 0 Å². The van der Waals surface area contributed by atoms with Crippen LogP contribution in [0.4, 0.5) is 0 Å². The predicted octanol–water partition coefficient (Wildman–Crippen LogP) is 2.61. The molecule has 1 N–H and O–H groups in total. The maximum Gasteiger partial charge on any atom is 0.337 e. The van der Waals surface area contributed by atoms with Crippen LogP contribution in [0.5, 0.6) is 11.5 Å². The topological polar surface area (TPSA) is 113 Å². The van der Waals surface area contributed by atoms with Crippen LogP contribution in [-0.4, -0.2) is 25.0 Å². The van der Waals surface area contributed by atoms with Crippen molar-refractivity contribution in [3.63, 3.8) is 0 Å². The maximum atomic E-state index is 11.9. The van der Waals surface area contributed by atoms with E-state index in [2.05, 4.69) is 4.74 Å². The van der Waals surface area contributed by atoms with E-state index < -0.39 is 11.4 Å². The maximum absolute atomic E-state index is 11.9. The SMILES string of the molecule is COC(=O)C1=C(O)/C(=C/c2ccc3c(c2)OCO3)CC(C#N)(C#N)C1. The summed E-state index contributed by atoms with van der Waals surface area (Å²) >= 11 is 0. The first kappa shape index (κ1) is 16.4. The van der Waals surface area contributed by atoms with E-state index in [1.807, 2.05) is 12.1 Å². The van der Waals surface area contributed by atoms with Gasteiger partial charge in [-0.1, -0.05) is 6.07 Å². The molecular weight excluding hydrogens is 324 g/mol. The average molecular weight is 338 g/mol. The van der Waals surface area contributed by atoms with Crippen molar-refractivity contribution in [1.29, 1.82) is 10.5 Å². The van der Waals surface area contributed by atoms with Gasteiger partial charge in [0.15, 0.2) is 16.9 Å². The first-order valence-electron chi connectivity index (χ1n) is 7.45. The number of nitriles is 2. The zero-order chi connectivity index (χ0) is 18.0. The second-order valence-electron chi connectivity index (χ2n) is 5.76. The lowest BCUT2D eigenvalue weighted by molar-refractivity contribution is -0.136. The lowest BCUT2D eigenvalue weighted by atomic mass is 9.73. The largest absolute Gasteiger partial charge is 0.507 e. The molecule has 1 aromatic rings. The van der Waals surface area contributed by atoms with Crippen LogP contribution in [0.3, 0.4) is 0 Å². The summed E-state index contributed by atoms with van der Waals surface area (Å²) in [6.45, 7) is 0.138. The summed E-state index contributed by atoms with van der Waals surface area (Å²) in [5, 5.41) is 29.3. The lowest BCUT2D eigenvalue weighted by Gasteiger charge is -2.27. The van der Waals surface area contributed by atoms with E-state index in [1.165, 1.54) is 7.11 Å². The Balaban J connectivity index is 2.07. The standard InChI is InChI=1S/C18H14N2O5/c1-23-17(22)13-7-18(8-19,9-20)6-12(16(13)21)4-11-2-3-14-15(5-11)25-10-24-14/h2-5,21H,6-7,10H2,1H3/b12-4+. The molecule has 25 heavy (non-hydrogen) atoms. The van der Waals surface area contributed by atoms with Crippen molar-refractivity contribution in [2.24, 2.45) is 5.41 Å². The fourth-order valence-corrected chi connectivity index (χ4v) is 2.85. The Morgan fingerprint density at radius 3 is 2.68 bits per heavy atom. The molecule has 1 heterocycles. The normalized spacial score (nSPS) is 19.2. The van der Waals surface area contributed by atoms with Crippen molar-refractivity contribution in [2.75, 3.05) is 13.9 Å². The van der Waals surface area contributed by atoms with Gasteiger partial charge in [0.2, 0.25) is 6.79 Å². The molecule has 0 saturated heterocycles. The summed E-state index contributed by atoms with van der Waals surface area (Å²) in [6, 6.07) is 9.10. The van der Waals surface area contributed by atoms with Crippen molar-refractivity contribution < 1.29 is 24.1 Å². The smallest absolute Gasteiger partial charge is 0.337 e. The number of carbonyl (C=O) groups is 1. The fourth-order valence-electron chi connectivity index (χ4n) is 2.85. The molecule has 0 fully saturated rings. The molecule has 0 radical (unpaired) electrons. The molecule has 1 aliphatic heterocycles.